The Bertz CT molecular complexity index is 554. The van der Waals surface area contributed by atoms with Crippen LogP contribution in [0.2, 0.25) is 0 Å². The van der Waals surface area contributed by atoms with Crippen molar-refractivity contribution in [2.75, 3.05) is 6.54 Å². The minimum absolute atomic E-state index is 0.835. The normalized spacial score (nSPS) is 10.5. The van der Waals surface area contributed by atoms with Gasteiger partial charge in [0, 0.05) is 6.54 Å². The summed E-state index contributed by atoms with van der Waals surface area (Å²) in [5, 5.41) is 3.34. The lowest BCUT2D eigenvalue weighted by Crippen LogP contribution is -2.12. The Morgan fingerprint density at radius 1 is 1.16 bits per heavy atom. The number of halogens is 1. The van der Waals surface area contributed by atoms with Gasteiger partial charge in [-0.05, 0) is 64.8 Å². The lowest BCUT2D eigenvalue weighted by Gasteiger charge is -2.11. The van der Waals surface area contributed by atoms with Crippen molar-refractivity contribution in [3.05, 3.63) is 58.1 Å². The minimum atomic E-state index is 0.835. The first-order valence-corrected chi connectivity index (χ1v) is 7.22. The molecule has 0 fully saturated rings. The van der Waals surface area contributed by atoms with Gasteiger partial charge in [-0.1, -0.05) is 25.1 Å². The molecule has 0 bridgehead atoms. The molecular weight excluding hydrogens is 302 g/mol. The van der Waals surface area contributed by atoms with Crippen LogP contribution in [0.25, 0.3) is 0 Å². The van der Waals surface area contributed by atoms with E-state index in [-0.39, 0.29) is 0 Å². The van der Waals surface area contributed by atoms with Gasteiger partial charge in [-0.25, -0.2) is 0 Å². The lowest BCUT2D eigenvalue weighted by molar-refractivity contribution is 0.479. The number of nitrogens with one attached hydrogen (secondary N) is 1. The zero-order chi connectivity index (χ0) is 13.7. The number of benzene rings is 2. The summed E-state index contributed by atoms with van der Waals surface area (Å²) in [6.07, 6.45) is 0. The smallest absolute Gasteiger partial charge is 0.141 e. The van der Waals surface area contributed by atoms with Crippen LogP contribution in [0.3, 0.4) is 0 Å². The molecule has 3 heteroatoms. The summed E-state index contributed by atoms with van der Waals surface area (Å²) in [7, 11) is 0. The van der Waals surface area contributed by atoms with Crippen LogP contribution in [0.5, 0.6) is 11.5 Å². The molecule has 0 aliphatic carbocycles. The molecule has 0 amide bonds. The molecule has 2 aromatic carbocycles. The molecular formula is C16H18BrNO. The Hall–Kier alpha value is -1.32. The first kappa shape index (κ1) is 14.1. The number of hydrogen-bond acceptors (Lipinski definition) is 2. The molecule has 0 saturated carbocycles. The Balaban J connectivity index is 2.14. The van der Waals surface area contributed by atoms with E-state index in [2.05, 4.69) is 47.2 Å². The van der Waals surface area contributed by atoms with Crippen molar-refractivity contribution in [3.63, 3.8) is 0 Å². The standard InChI is InChI=1S/C16H18BrNO/c1-3-18-11-13-8-9-14(10-12(13)2)19-16-7-5-4-6-15(16)17/h4-10,18H,3,11H2,1-2H3. The van der Waals surface area contributed by atoms with Gasteiger partial charge in [0.25, 0.3) is 0 Å². The predicted molar refractivity (Wildman–Crippen MR) is 82.8 cm³/mol. The topological polar surface area (TPSA) is 21.3 Å². The van der Waals surface area contributed by atoms with Crippen LogP contribution in [0.15, 0.2) is 46.9 Å². The van der Waals surface area contributed by atoms with Crippen molar-refractivity contribution in [1.29, 1.82) is 0 Å². The summed E-state index contributed by atoms with van der Waals surface area (Å²) >= 11 is 3.49. The SMILES string of the molecule is CCNCc1ccc(Oc2ccccc2Br)cc1C. The summed E-state index contributed by atoms with van der Waals surface area (Å²) in [5.41, 5.74) is 2.55. The van der Waals surface area contributed by atoms with E-state index in [1.54, 1.807) is 0 Å². The van der Waals surface area contributed by atoms with E-state index in [1.807, 2.05) is 30.3 Å². The number of rotatable bonds is 5. The molecule has 0 heterocycles. The number of ether oxygens (including phenoxy) is 1. The molecule has 0 aromatic heterocycles. The molecule has 0 unspecified atom stereocenters. The van der Waals surface area contributed by atoms with Crippen molar-refractivity contribution >= 4 is 15.9 Å². The second-order valence-electron chi connectivity index (χ2n) is 4.40. The Morgan fingerprint density at radius 2 is 1.95 bits per heavy atom. The van der Waals surface area contributed by atoms with E-state index in [0.717, 1.165) is 29.1 Å². The number of aryl methyl sites for hydroxylation is 1. The molecule has 0 atom stereocenters. The van der Waals surface area contributed by atoms with Crippen LogP contribution in [-0.2, 0) is 6.54 Å². The Morgan fingerprint density at radius 3 is 2.63 bits per heavy atom. The molecule has 2 aromatic rings. The van der Waals surface area contributed by atoms with Crippen LogP contribution < -0.4 is 10.1 Å². The molecule has 0 radical (unpaired) electrons. The molecule has 0 aliphatic heterocycles. The van der Waals surface area contributed by atoms with E-state index in [4.69, 9.17) is 4.74 Å². The zero-order valence-corrected chi connectivity index (χ0v) is 12.8. The van der Waals surface area contributed by atoms with E-state index < -0.39 is 0 Å². The Kier molecular flexibility index (Phi) is 5.00. The highest BCUT2D eigenvalue weighted by molar-refractivity contribution is 9.10. The molecule has 0 aliphatic rings. The van der Waals surface area contributed by atoms with Gasteiger partial charge in [0.15, 0.2) is 0 Å². The summed E-state index contributed by atoms with van der Waals surface area (Å²) in [5.74, 6) is 1.70. The third-order valence-electron chi connectivity index (χ3n) is 2.94. The molecule has 0 saturated heterocycles. The van der Waals surface area contributed by atoms with Gasteiger partial charge in [-0.3, -0.25) is 0 Å². The van der Waals surface area contributed by atoms with Gasteiger partial charge in [0.1, 0.15) is 11.5 Å². The van der Waals surface area contributed by atoms with E-state index in [9.17, 15) is 0 Å². The third kappa shape index (κ3) is 3.82. The zero-order valence-electron chi connectivity index (χ0n) is 11.2. The maximum absolute atomic E-state index is 5.88. The molecule has 19 heavy (non-hydrogen) atoms. The van der Waals surface area contributed by atoms with Crippen LogP contribution >= 0.6 is 15.9 Å². The molecule has 1 N–H and O–H groups in total. The highest BCUT2D eigenvalue weighted by atomic mass is 79.9. The maximum Gasteiger partial charge on any atom is 0.141 e. The average molecular weight is 320 g/mol. The first-order chi connectivity index (χ1) is 9.20. The van der Waals surface area contributed by atoms with Gasteiger partial charge < -0.3 is 10.1 Å². The van der Waals surface area contributed by atoms with Crippen LogP contribution in [0, 0.1) is 6.92 Å². The van der Waals surface area contributed by atoms with Gasteiger partial charge in [0.05, 0.1) is 4.47 Å². The Labute approximate surface area is 122 Å². The van der Waals surface area contributed by atoms with Crippen molar-refractivity contribution in [1.82, 2.24) is 5.32 Å². The second kappa shape index (κ2) is 6.73. The fraction of sp³-hybridized carbons (Fsp3) is 0.250. The van der Waals surface area contributed by atoms with Crippen molar-refractivity contribution in [2.24, 2.45) is 0 Å². The monoisotopic (exact) mass is 319 g/mol. The van der Waals surface area contributed by atoms with E-state index in [0.29, 0.717) is 0 Å². The van der Waals surface area contributed by atoms with Crippen LogP contribution in [0.4, 0.5) is 0 Å². The summed E-state index contributed by atoms with van der Waals surface area (Å²) in [6, 6.07) is 14.1. The maximum atomic E-state index is 5.88. The highest BCUT2D eigenvalue weighted by Gasteiger charge is 2.04. The van der Waals surface area contributed by atoms with E-state index >= 15 is 0 Å². The summed E-state index contributed by atoms with van der Waals surface area (Å²) in [6.45, 7) is 6.10. The molecule has 0 spiro atoms. The summed E-state index contributed by atoms with van der Waals surface area (Å²) < 4.78 is 6.84. The average Bonchev–Trinajstić information content (AvgIpc) is 2.40. The third-order valence-corrected chi connectivity index (χ3v) is 3.60. The molecule has 2 nitrogen and oxygen atoms in total. The molecule has 2 rings (SSSR count). The van der Waals surface area contributed by atoms with Crippen LogP contribution in [0.1, 0.15) is 18.1 Å². The molecule has 100 valence electrons. The second-order valence-corrected chi connectivity index (χ2v) is 5.26. The van der Waals surface area contributed by atoms with Gasteiger partial charge in [-0.2, -0.15) is 0 Å². The fourth-order valence-electron chi connectivity index (χ4n) is 1.84. The number of hydrogen-bond donors (Lipinski definition) is 1. The van der Waals surface area contributed by atoms with E-state index in [1.165, 1.54) is 11.1 Å². The predicted octanol–water partition coefficient (Wildman–Crippen LogP) is 4.66. The van der Waals surface area contributed by atoms with Crippen molar-refractivity contribution in [3.8, 4) is 11.5 Å². The van der Waals surface area contributed by atoms with Crippen LogP contribution in [-0.4, -0.2) is 6.54 Å². The fourth-order valence-corrected chi connectivity index (χ4v) is 2.21. The lowest BCUT2D eigenvalue weighted by atomic mass is 10.1. The first-order valence-electron chi connectivity index (χ1n) is 6.43. The number of para-hydroxylation sites is 1. The summed E-state index contributed by atoms with van der Waals surface area (Å²) in [4.78, 5) is 0. The van der Waals surface area contributed by atoms with Gasteiger partial charge in [0.2, 0.25) is 0 Å². The highest BCUT2D eigenvalue weighted by Crippen LogP contribution is 2.30. The van der Waals surface area contributed by atoms with Gasteiger partial charge >= 0.3 is 0 Å². The van der Waals surface area contributed by atoms with Gasteiger partial charge in [-0.15, -0.1) is 0 Å². The van der Waals surface area contributed by atoms with Crippen molar-refractivity contribution in [2.45, 2.75) is 20.4 Å². The van der Waals surface area contributed by atoms with Crippen molar-refractivity contribution < 1.29 is 4.74 Å². The minimum Gasteiger partial charge on any atom is -0.456 e. The quantitative estimate of drug-likeness (QED) is 0.865. The largest absolute Gasteiger partial charge is 0.456 e.